The summed E-state index contributed by atoms with van der Waals surface area (Å²) in [4.78, 5) is 27.1. The molecule has 0 unspecified atom stereocenters. The zero-order chi connectivity index (χ0) is 14.8. The predicted molar refractivity (Wildman–Crippen MR) is 77.9 cm³/mol. The SMILES string of the molecule is O=C1[C@@H]2CCCN2C(=O)N1CCOCc1ccc(Cl)cc1. The fourth-order valence-corrected chi connectivity index (χ4v) is 2.94. The summed E-state index contributed by atoms with van der Waals surface area (Å²) in [6, 6.07) is 7.01. The highest BCUT2D eigenvalue weighted by Crippen LogP contribution is 2.26. The van der Waals surface area contributed by atoms with Gasteiger partial charge in [-0.3, -0.25) is 9.69 Å². The minimum atomic E-state index is -0.228. The number of carbonyl (C=O) groups is 2. The van der Waals surface area contributed by atoms with E-state index in [1.807, 2.05) is 24.3 Å². The minimum absolute atomic E-state index is 0.0763. The standard InChI is InChI=1S/C15H17ClN2O3/c16-12-5-3-11(4-6-12)10-21-9-8-18-14(19)13-2-1-7-17(13)15(18)20/h3-6,13H,1-2,7-10H2/t13-/m0/s1. The third kappa shape index (κ3) is 2.89. The van der Waals surface area contributed by atoms with Gasteiger partial charge >= 0.3 is 6.03 Å². The number of hydrogen-bond donors (Lipinski definition) is 0. The van der Waals surface area contributed by atoms with Crippen molar-refractivity contribution >= 4 is 23.5 Å². The van der Waals surface area contributed by atoms with Gasteiger partial charge < -0.3 is 9.64 Å². The van der Waals surface area contributed by atoms with E-state index in [1.165, 1.54) is 4.90 Å². The van der Waals surface area contributed by atoms with Crippen molar-refractivity contribution in [2.75, 3.05) is 19.7 Å². The maximum absolute atomic E-state index is 12.1. The Morgan fingerprint density at radius 2 is 2.00 bits per heavy atom. The maximum Gasteiger partial charge on any atom is 0.327 e. The Kier molecular flexibility index (Phi) is 4.12. The summed E-state index contributed by atoms with van der Waals surface area (Å²) < 4.78 is 5.53. The normalized spacial score (nSPS) is 21.3. The molecule has 2 aliphatic heterocycles. The van der Waals surface area contributed by atoms with E-state index >= 15 is 0 Å². The largest absolute Gasteiger partial charge is 0.375 e. The molecule has 1 aromatic carbocycles. The Morgan fingerprint density at radius 3 is 2.71 bits per heavy atom. The van der Waals surface area contributed by atoms with Crippen molar-refractivity contribution in [3.8, 4) is 0 Å². The quantitative estimate of drug-likeness (QED) is 0.619. The van der Waals surface area contributed by atoms with E-state index in [-0.39, 0.29) is 18.0 Å². The van der Waals surface area contributed by atoms with Crippen LogP contribution in [-0.2, 0) is 16.1 Å². The van der Waals surface area contributed by atoms with Crippen molar-refractivity contribution in [3.63, 3.8) is 0 Å². The van der Waals surface area contributed by atoms with Crippen LogP contribution in [0.2, 0.25) is 5.02 Å². The summed E-state index contributed by atoms with van der Waals surface area (Å²) in [6.07, 6.45) is 1.70. The number of urea groups is 1. The molecular weight excluding hydrogens is 292 g/mol. The molecule has 2 heterocycles. The summed E-state index contributed by atoms with van der Waals surface area (Å²) >= 11 is 5.81. The van der Waals surface area contributed by atoms with Crippen LogP contribution >= 0.6 is 11.6 Å². The van der Waals surface area contributed by atoms with Crippen molar-refractivity contribution in [1.29, 1.82) is 0 Å². The average Bonchev–Trinajstić information content (AvgIpc) is 3.04. The second-order valence-electron chi connectivity index (χ2n) is 5.30. The molecule has 5 nitrogen and oxygen atoms in total. The van der Waals surface area contributed by atoms with Gasteiger partial charge in [0, 0.05) is 11.6 Å². The highest BCUT2D eigenvalue weighted by Gasteiger charge is 2.46. The van der Waals surface area contributed by atoms with Crippen LogP contribution in [0.5, 0.6) is 0 Å². The van der Waals surface area contributed by atoms with Gasteiger partial charge in [0.25, 0.3) is 5.91 Å². The smallest absolute Gasteiger partial charge is 0.327 e. The van der Waals surface area contributed by atoms with Crippen molar-refractivity contribution in [2.24, 2.45) is 0 Å². The highest BCUT2D eigenvalue weighted by molar-refractivity contribution is 6.30. The van der Waals surface area contributed by atoms with Gasteiger partial charge in [-0.1, -0.05) is 23.7 Å². The maximum atomic E-state index is 12.1. The number of halogens is 1. The van der Waals surface area contributed by atoms with Crippen LogP contribution in [0, 0.1) is 0 Å². The van der Waals surface area contributed by atoms with E-state index < -0.39 is 0 Å². The molecule has 2 saturated heterocycles. The molecule has 1 aromatic rings. The highest BCUT2D eigenvalue weighted by atomic mass is 35.5. The van der Waals surface area contributed by atoms with E-state index in [9.17, 15) is 9.59 Å². The summed E-state index contributed by atoms with van der Waals surface area (Å²) in [5.74, 6) is -0.0763. The molecule has 2 fully saturated rings. The third-order valence-corrected chi connectivity index (χ3v) is 4.17. The summed E-state index contributed by atoms with van der Waals surface area (Å²) in [5.41, 5.74) is 1.01. The fourth-order valence-electron chi connectivity index (χ4n) is 2.81. The molecule has 21 heavy (non-hydrogen) atoms. The Labute approximate surface area is 128 Å². The molecule has 0 aliphatic carbocycles. The first-order valence-corrected chi connectivity index (χ1v) is 7.49. The number of carbonyl (C=O) groups excluding carboxylic acids is 2. The number of amides is 3. The molecule has 0 radical (unpaired) electrons. The van der Waals surface area contributed by atoms with Gasteiger partial charge in [0.1, 0.15) is 6.04 Å². The lowest BCUT2D eigenvalue weighted by Crippen LogP contribution is -2.35. The predicted octanol–water partition coefficient (Wildman–Crippen LogP) is 2.28. The number of nitrogens with zero attached hydrogens (tertiary/aromatic N) is 2. The van der Waals surface area contributed by atoms with Crippen LogP contribution in [0.15, 0.2) is 24.3 Å². The first-order valence-electron chi connectivity index (χ1n) is 7.11. The van der Waals surface area contributed by atoms with Gasteiger partial charge in [0.15, 0.2) is 0 Å². The van der Waals surface area contributed by atoms with E-state index in [1.54, 1.807) is 4.90 Å². The van der Waals surface area contributed by atoms with Gasteiger partial charge in [0.05, 0.1) is 19.8 Å². The molecule has 0 spiro atoms. The lowest BCUT2D eigenvalue weighted by molar-refractivity contribution is -0.128. The Hall–Kier alpha value is -1.59. The number of benzene rings is 1. The van der Waals surface area contributed by atoms with Gasteiger partial charge in [-0.25, -0.2) is 4.79 Å². The number of rotatable bonds is 5. The number of imide groups is 1. The van der Waals surface area contributed by atoms with E-state index in [0.29, 0.717) is 31.3 Å². The minimum Gasteiger partial charge on any atom is -0.375 e. The molecule has 0 N–H and O–H groups in total. The van der Waals surface area contributed by atoms with Crippen LogP contribution in [0.1, 0.15) is 18.4 Å². The Balaban J connectivity index is 1.46. The second kappa shape index (κ2) is 6.03. The van der Waals surface area contributed by atoms with Gasteiger partial charge in [-0.05, 0) is 30.5 Å². The molecule has 3 amide bonds. The Morgan fingerprint density at radius 1 is 1.24 bits per heavy atom. The van der Waals surface area contributed by atoms with Crippen molar-refractivity contribution in [1.82, 2.24) is 9.80 Å². The molecule has 0 aromatic heterocycles. The zero-order valence-corrected chi connectivity index (χ0v) is 12.4. The van der Waals surface area contributed by atoms with Crippen LogP contribution < -0.4 is 0 Å². The van der Waals surface area contributed by atoms with Crippen LogP contribution in [0.3, 0.4) is 0 Å². The van der Waals surface area contributed by atoms with Crippen LogP contribution in [0.4, 0.5) is 4.79 Å². The van der Waals surface area contributed by atoms with Gasteiger partial charge in [0.2, 0.25) is 0 Å². The first kappa shape index (κ1) is 14.4. The molecule has 0 bridgehead atoms. The van der Waals surface area contributed by atoms with Crippen molar-refractivity contribution < 1.29 is 14.3 Å². The van der Waals surface area contributed by atoms with E-state index in [0.717, 1.165) is 18.4 Å². The lowest BCUT2D eigenvalue weighted by Gasteiger charge is -2.15. The second-order valence-corrected chi connectivity index (χ2v) is 5.74. The molecule has 1 atom stereocenters. The van der Waals surface area contributed by atoms with Crippen LogP contribution in [-0.4, -0.2) is 47.5 Å². The summed E-state index contributed by atoms with van der Waals surface area (Å²) in [5, 5.41) is 0.688. The van der Waals surface area contributed by atoms with E-state index in [2.05, 4.69) is 0 Å². The number of fused-ring (bicyclic) bond motifs is 1. The molecule has 112 valence electrons. The van der Waals surface area contributed by atoms with Crippen molar-refractivity contribution in [2.45, 2.75) is 25.5 Å². The summed E-state index contributed by atoms with van der Waals surface area (Å²) in [6.45, 7) is 1.80. The lowest BCUT2D eigenvalue weighted by atomic mass is 10.2. The molecule has 2 aliphatic rings. The number of hydrogen-bond acceptors (Lipinski definition) is 3. The molecule has 0 saturated carbocycles. The molecule has 6 heteroatoms. The number of ether oxygens (including phenoxy) is 1. The summed E-state index contributed by atoms with van der Waals surface area (Å²) in [7, 11) is 0. The zero-order valence-electron chi connectivity index (χ0n) is 11.6. The third-order valence-electron chi connectivity index (χ3n) is 3.92. The van der Waals surface area contributed by atoms with Crippen LogP contribution in [0.25, 0.3) is 0 Å². The Bertz CT molecular complexity index is 524. The monoisotopic (exact) mass is 308 g/mol. The molecular formula is C15H17ClN2O3. The average molecular weight is 309 g/mol. The van der Waals surface area contributed by atoms with Gasteiger partial charge in [-0.15, -0.1) is 0 Å². The van der Waals surface area contributed by atoms with E-state index in [4.69, 9.17) is 16.3 Å². The topological polar surface area (TPSA) is 49.9 Å². The van der Waals surface area contributed by atoms with Crippen molar-refractivity contribution in [3.05, 3.63) is 34.9 Å². The molecule has 3 rings (SSSR count). The fraction of sp³-hybridized carbons (Fsp3) is 0.467. The van der Waals surface area contributed by atoms with Gasteiger partial charge in [-0.2, -0.15) is 0 Å². The first-order chi connectivity index (χ1) is 10.2.